The van der Waals surface area contributed by atoms with E-state index in [1.807, 2.05) is 0 Å². The van der Waals surface area contributed by atoms with Gasteiger partial charge in [-0.3, -0.25) is 14.9 Å². The Morgan fingerprint density at radius 1 is 1.31 bits per heavy atom. The van der Waals surface area contributed by atoms with Crippen LogP contribution in [0.2, 0.25) is 0 Å². The largest absolute Gasteiger partial charge is 0.480 e. The van der Waals surface area contributed by atoms with Crippen LogP contribution in [0.5, 0.6) is 0 Å². The van der Waals surface area contributed by atoms with Gasteiger partial charge in [0, 0.05) is 33.2 Å². The number of nitrogens with one attached hydrogen (secondary N) is 2. The number of aliphatic carboxylic acids is 1. The van der Waals surface area contributed by atoms with E-state index in [9.17, 15) is 14.7 Å². The molecule has 3 N–H and O–H groups in total. The molecule has 1 heterocycles. The fourth-order valence-corrected chi connectivity index (χ4v) is 1.73. The number of hydrogen-bond acceptors (Lipinski definition) is 4. The van der Waals surface area contributed by atoms with E-state index in [2.05, 4.69) is 10.6 Å². The molecule has 0 aromatic carbocycles. The minimum atomic E-state index is -0.892. The zero-order valence-electron chi connectivity index (χ0n) is 9.41. The summed E-state index contributed by atoms with van der Waals surface area (Å²) >= 11 is 0. The third-order valence-corrected chi connectivity index (χ3v) is 2.72. The smallest absolute Gasteiger partial charge is 0.324 e. The molecular weight excluding hydrogens is 212 g/mol. The highest BCUT2D eigenvalue weighted by atomic mass is 16.5. The first-order valence-corrected chi connectivity index (χ1v) is 5.37. The highest BCUT2D eigenvalue weighted by molar-refractivity contribution is 5.79. The van der Waals surface area contributed by atoms with Gasteiger partial charge in [-0.05, 0) is 12.8 Å². The molecule has 0 atom stereocenters. The van der Waals surface area contributed by atoms with Gasteiger partial charge in [-0.15, -0.1) is 0 Å². The number of carbonyl (C=O) groups excluding carboxylic acids is 1. The number of carboxylic acids is 1. The van der Waals surface area contributed by atoms with Gasteiger partial charge in [-0.2, -0.15) is 0 Å². The molecule has 0 aromatic rings. The fourth-order valence-electron chi connectivity index (χ4n) is 1.73. The summed E-state index contributed by atoms with van der Waals surface area (Å²) in [6.45, 7) is 3.23. The fraction of sp³-hybridized carbons (Fsp3) is 0.800. The Hall–Kier alpha value is -1.14. The molecule has 1 aliphatic heterocycles. The summed E-state index contributed by atoms with van der Waals surface area (Å²) in [5, 5.41) is 14.8. The first-order chi connectivity index (χ1) is 7.57. The van der Waals surface area contributed by atoms with Gasteiger partial charge in [0.05, 0.1) is 0 Å². The Morgan fingerprint density at radius 2 is 1.94 bits per heavy atom. The lowest BCUT2D eigenvalue weighted by Crippen LogP contribution is -2.56. The average molecular weight is 230 g/mol. The molecule has 0 radical (unpaired) electrons. The number of rotatable bonds is 5. The Labute approximate surface area is 94.3 Å². The molecule has 0 saturated carbocycles. The highest BCUT2D eigenvalue weighted by Crippen LogP contribution is 2.20. The summed E-state index contributed by atoms with van der Waals surface area (Å²) in [5.41, 5.74) is -0.892. The topological polar surface area (TPSA) is 87.7 Å². The summed E-state index contributed by atoms with van der Waals surface area (Å²) in [6.07, 6.45) is 0.921. The summed E-state index contributed by atoms with van der Waals surface area (Å²) in [6, 6.07) is 0. The van der Waals surface area contributed by atoms with Crippen LogP contribution in [0, 0.1) is 0 Å². The maximum Gasteiger partial charge on any atom is 0.324 e. The zero-order valence-corrected chi connectivity index (χ0v) is 9.41. The van der Waals surface area contributed by atoms with E-state index in [0.29, 0.717) is 39.1 Å². The van der Waals surface area contributed by atoms with E-state index in [1.54, 1.807) is 0 Å². The molecule has 1 fully saturated rings. The molecule has 0 unspecified atom stereocenters. The zero-order chi connectivity index (χ0) is 12.0. The summed E-state index contributed by atoms with van der Waals surface area (Å²) in [7, 11) is 0. The van der Waals surface area contributed by atoms with Crippen LogP contribution < -0.4 is 10.6 Å². The van der Waals surface area contributed by atoms with E-state index >= 15 is 0 Å². The second kappa shape index (κ2) is 5.81. The summed E-state index contributed by atoms with van der Waals surface area (Å²) < 4.78 is 5.15. The number of hydrogen-bond donors (Lipinski definition) is 3. The van der Waals surface area contributed by atoms with E-state index in [-0.39, 0.29) is 5.91 Å². The number of carbonyl (C=O) groups is 2. The van der Waals surface area contributed by atoms with Gasteiger partial charge in [-0.1, -0.05) is 0 Å². The van der Waals surface area contributed by atoms with Crippen LogP contribution in [0.1, 0.15) is 19.8 Å². The van der Waals surface area contributed by atoms with Gasteiger partial charge in [0.15, 0.2) is 0 Å². The van der Waals surface area contributed by atoms with Crippen molar-refractivity contribution in [2.75, 3.05) is 26.3 Å². The molecule has 1 saturated heterocycles. The molecule has 1 rings (SSSR count). The lowest BCUT2D eigenvalue weighted by atomic mass is 9.90. The Morgan fingerprint density at radius 3 is 2.44 bits per heavy atom. The monoisotopic (exact) mass is 230 g/mol. The van der Waals surface area contributed by atoms with Crippen molar-refractivity contribution < 1.29 is 19.4 Å². The molecule has 1 aliphatic rings. The molecule has 6 heteroatoms. The molecular formula is C10H18N2O4. The van der Waals surface area contributed by atoms with Crippen molar-refractivity contribution in [2.24, 2.45) is 0 Å². The summed E-state index contributed by atoms with van der Waals surface area (Å²) in [4.78, 5) is 21.8. The Kier molecular flexibility index (Phi) is 4.70. The van der Waals surface area contributed by atoms with E-state index in [1.165, 1.54) is 6.92 Å². The van der Waals surface area contributed by atoms with Crippen molar-refractivity contribution in [2.45, 2.75) is 25.3 Å². The lowest BCUT2D eigenvalue weighted by molar-refractivity contribution is -0.149. The van der Waals surface area contributed by atoms with Crippen molar-refractivity contribution >= 4 is 11.9 Å². The van der Waals surface area contributed by atoms with Gasteiger partial charge in [-0.25, -0.2) is 0 Å². The summed E-state index contributed by atoms with van der Waals surface area (Å²) in [5.74, 6) is -0.961. The third-order valence-electron chi connectivity index (χ3n) is 2.72. The molecule has 16 heavy (non-hydrogen) atoms. The van der Waals surface area contributed by atoms with Crippen molar-refractivity contribution in [3.05, 3.63) is 0 Å². The highest BCUT2D eigenvalue weighted by Gasteiger charge is 2.39. The van der Waals surface area contributed by atoms with Gasteiger partial charge in [0.25, 0.3) is 0 Å². The maximum atomic E-state index is 11.2. The first-order valence-electron chi connectivity index (χ1n) is 5.37. The normalized spacial score (nSPS) is 19.1. The SMILES string of the molecule is CC(=O)NCCNC1(C(=O)O)CCOCC1. The van der Waals surface area contributed by atoms with Crippen LogP contribution in [0.4, 0.5) is 0 Å². The van der Waals surface area contributed by atoms with Crippen molar-refractivity contribution in [1.82, 2.24) is 10.6 Å². The van der Waals surface area contributed by atoms with Crippen LogP contribution in [0.15, 0.2) is 0 Å². The second-order valence-electron chi connectivity index (χ2n) is 3.91. The van der Waals surface area contributed by atoms with Gasteiger partial charge in [0.2, 0.25) is 5.91 Å². The maximum absolute atomic E-state index is 11.2. The molecule has 0 spiro atoms. The van der Waals surface area contributed by atoms with Crippen LogP contribution in [0.3, 0.4) is 0 Å². The minimum absolute atomic E-state index is 0.113. The molecule has 0 aromatic heterocycles. The van der Waals surface area contributed by atoms with E-state index < -0.39 is 11.5 Å². The van der Waals surface area contributed by atoms with Crippen molar-refractivity contribution in [1.29, 1.82) is 0 Å². The van der Waals surface area contributed by atoms with Crippen molar-refractivity contribution in [3.8, 4) is 0 Å². The average Bonchev–Trinajstić information content (AvgIpc) is 2.25. The number of carboxylic acid groups (broad SMARTS) is 1. The third kappa shape index (κ3) is 3.46. The molecule has 0 bridgehead atoms. The number of ether oxygens (including phenoxy) is 1. The lowest BCUT2D eigenvalue weighted by Gasteiger charge is -2.34. The van der Waals surface area contributed by atoms with Gasteiger partial charge in [0.1, 0.15) is 5.54 Å². The molecule has 1 amide bonds. The van der Waals surface area contributed by atoms with E-state index in [4.69, 9.17) is 4.74 Å². The number of amides is 1. The first kappa shape index (κ1) is 12.9. The van der Waals surface area contributed by atoms with Crippen molar-refractivity contribution in [3.63, 3.8) is 0 Å². The second-order valence-corrected chi connectivity index (χ2v) is 3.91. The minimum Gasteiger partial charge on any atom is -0.480 e. The standard InChI is InChI=1S/C10H18N2O4/c1-8(13)11-4-5-12-10(9(14)15)2-6-16-7-3-10/h12H,2-7H2,1H3,(H,11,13)(H,14,15). The van der Waals surface area contributed by atoms with E-state index in [0.717, 1.165) is 0 Å². The van der Waals surface area contributed by atoms with Crippen LogP contribution in [-0.4, -0.2) is 48.8 Å². The van der Waals surface area contributed by atoms with Crippen LogP contribution >= 0.6 is 0 Å². The molecule has 6 nitrogen and oxygen atoms in total. The van der Waals surface area contributed by atoms with Gasteiger partial charge < -0.3 is 15.2 Å². The van der Waals surface area contributed by atoms with Crippen LogP contribution in [0.25, 0.3) is 0 Å². The van der Waals surface area contributed by atoms with Crippen LogP contribution in [-0.2, 0) is 14.3 Å². The van der Waals surface area contributed by atoms with Gasteiger partial charge >= 0.3 is 5.97 Å². The Balaban J connectivity index is 2.39. The predicted molar refractivity (Wildman–Crippen MR) is 57.1 cm³/mol. The quantitative estimate of drug-likeness (QED) is 0.546. The Bertz CT molecular complexity index is 262. The molecule has 0 aliphatic carbocycles. The molecule has 92 valence electrons. The predicted octanol–water partition coefficient (Wildman–Crippen LogP) is -0.654.